The lowest BCUT2D eigenvalue weighted by atomic mass is 10.1. The molecule has 1 N–H and O–H groups in total. The number of aromatic nitrogens is 2. The van der Waals surface area contributed by atoms with Crippen molar-refractivity contribution in [3.63, 3.8) is 0 Å². The molecule has 2 aromatic carbocycles. The Morgan fingerprint density at radius 2 is 1.61 bits per heavy atom. The minimum absolute atomic E-state index is 0.101. The Kier molecular flexibility index (Phi) is 6.46. The van der Waals surface area contributed by atoms with Crippen molar-refractivity contribution in [3.8, 4) is 17.0 Å². The third-order valence-corrected chi connectivity index (χ3v) is 5.26. The van der Waals surface area contributed by atoms with E-state index in [-0.39, 0.29) is 12.0 Å². The molecule has 1 aromatic heterocycles. The summed E-state index contributed by atoms with van der Waals surface area (Å²) in [5.41, 5.74) is 3.10. The summed E-state index contributed by atoms with van der Waals surface area (Å²) in [7, 11) is 0. The Morgan fingerprint density at radius 3 is 2.23 bits per heavy atom. The van der Waals surface area contributed by atoms with E-state index in [1.54, 1.807) is 12.1 Å². The highest BCUT2D eigenvalue weighted by Gasteiger charge is 2.13. The van der Waals surface area contributed by atoms with Gasteiger partial charge in [0.2, 0.25) is 0 Å². The first kappa shape index (κ1) is 20.8. The van der Waals surface area contributed by atoms with E-state index in [2.05, 4.69) is 20.4 Å². The van der Waals surface area contributed by atoms with E-state index in [0.29, 0.717) is 5.56 Å². The van der Waals surface area contributed by atoms with Crippen LogP contribution in [-0.2, 0) is 0 Å². The van der Waals surface area contributed by atoms with Gasteiger partial charge in [0.25, 0.3) is 5.91 Å². The largest absolute Gasteiger partial charge is 0.491 e. The number of nitrogens with one attached hydrogen (secondary N) is 1. The third kappa shape index (κ3) is 5.40. The normalized spacial score (nSPS) is 13.8. The molecule has 0 spiro atoms. The van der Waals surface area contributed by atoms with Gasteiger partial charge in [-0.2, -0.15) is 0 Å². The van der Waals surface area contributed by atoms with Gasteiger partial charge in [-0.3, -0.25) is 4.79 Å². The number of carbonyl (C=O) groups excluding carboxylic acids is 1. The molecule has 4 rings (SSSR count). The molecule has 1 aliphatic rings. The standard InChI is InChI=1S/C25H28N4O2/c1-18(2)31-22-12-8-20(9-13-22)25(30)26-21-10-6-19(7-11-21)23-14-15-24(28-27-23)29-16-4-3-5-17-29/h6-15,18H,3-5,16-17H2,1-2H3,(H,26,30). The molecule has 1 amide bonds. The maximum Gasteiger partial charge on any atom is 0.255 e. The molecule has 6 nitrogen and oxygen atoms in total. The van der Waals surface area contributed by atoms with Gasteiger partial charge < -0.3 is 15.0 Å². The summed E-state index contributed by atoms with van der Waals surface area (Å²) < 4.78 is 5.62. The molecule has 3 aromatic rings. The number of rotatable bonds is 6. The Hall–Kier alpha value is -3.41. The van der Waals surface area contributed by atoms with Crippen molar-refractivity contribution in [1.82, 2.24) is 10.2 Å². The first-order valence-corrected chi connectivity index (χ1v) is 10.9. The highest BCUT2D eigenvalue weighted by Crippen LogP contribution is 2.23. The van der Waals surface area contributed by atoms with E-state index in [0.717, 1.165) is 41.6 Å². The van der Waals surface area contributed by atoms with Crippen molar-refractivity contribution >= 4 is 17.4 Å². The fourth-order valence-corrected chi connectivity index (χ4v) is 3.66. The minimum atomic E-state index is -0.158. The van der Waals surface area contributed by atoms with Gasteiger partial charge in [0, 0.05) is 29.9 Å². The van der Waals surface area contributed by atoms with Crippen molar-refractivity contribution in [2.24, 2.45) is 0 Å². The monoisotopic (exact) mass is 416 g/mol. The lowest BCUT2D eigenvalue weighted by Gasteiger charge is -2.27. The Labute approximate surface area is 183 Å². The van der Waals surface area contributed by atoms with Crippen molar-refractivity contribution in [3.05, 3.63) is 66.2 Å². The molecule has 6 heteroatoms. The Morgan fingerprint density at radius 1 is 0.903 bits per heavy atom. The molecule has 2 heterocycles. The molecular weight excluding hydrogens is 388 g/mol. The topological polar surface area (TPSA) is 67.3 Å². The van der Waals surface area contributed by atoms with E-state index >= 15 is 0 Å². The number of anilines is 2. The predicted molar refractivity (Wildman–Crippen MR) is 124 cm³/mol. The van der Waals surface area contributed by atoms with Gasteiger partial charge in [0.15, 0.2) is 5.82 Å². The molecule has 1 saturated heterocycles. The van der Waals surface area contributed by atoms with E-state index < -0.39 is 0 Å². The van der Waals surface area contributed by atoms with Crippen LogP contribution in [0.2, 0.25) is 0 Å². The summed E-state index contributed by atoms with van der Waals surface area (Å²) in [5.74, 6) is 1.54. The third-order valence-electron chi connectivity index (χ3n) is 5.26. The number of ether oxygens (including phenoxy) is 1. The number of hydrogen-bond acceptors (Lipinski definition) is 5. The van der Waals surface area contributed by atoms with Crippen LogP contribution in [0, 0.1) is 0 Å². The molecule has 0 saturated carbocycles. The van der Waals surface area contributed by atoms with Crippen LogP contribution >= 0.6 is 0 Å². The summed E-state index contributed by atoms with van der Waals surface area (Å²) in [4.78, 5) is 14.8. The van der Waals surface area contributed by atoms with Crippen LogP contribution in [-0.4, -0.2) is 35.3 Å². The van der Waals surface area contributed by atoms with E-state index in [4.69, 9.17) is 4.74 Å². The second-order valence-corrected chi connectivity index (χ2v) is 8.05. The average molecular weight is 417 g/mol. The van der Waals surface area contributed by atoms with Crippen LogP contribution in [0.15, 0.2) is 60.7 Å². The lowest BCUT2D eigenvalue weighted by molar-refractivity contribution is 0.102. The molecule has 1 aliphatic heterocycles. The zero-order valence-corrected chi connectivity index (χ0v) is 18.0. The van der Waals surface area contributed by atoms with Crippen molar-refractivity contribution in [2.75, 3.05) is 23.3 Å². The summed E-state index contributed by atoms with van der Waals surface area (Å²) in [6.07, 6.45) is 3.82. The maximum atomic E-state index is 12.5. The van der Waals surface area contributed by atoms with Crippen molar-refractivity contribution < 1.29 is 9.53 Å². The number of nitrogens with zero attached hydrogens (tertiary/aromatic N) is 3. The summed E-state index contributed by atoms with van der Waals surface area (Å²) in [6.45, 7) is 6.05. The number of amides is 1. The predicted octanol–water partition coefficient (Wildman–Crippen LogP) is 5.17. The van der Waals surface area contributed by atoms with Gasteiger partial charge in [0.05, 0.1) is 11.8 Å². The van der Waals surface area contributed by atoms with Crippen LogP contribution in [0.3, 0.4) is 0 Å². The number of carbonyl (C=O) groups is 1. The van der Waals surface area contributed by atoms with E-state index in [9.17, 15) is 4.79 Å². The Balaban J connectivity index is 1.38. The molecule has 0 bridgehead atoms. The molecule has 0 atom stereocenters. The quantitative estimate of drug-likeness (QED) is 0.600. The van der Waals surface area contributed by atoms with Gasteiger partial charge in [-0.25, -0.2) is 0 Å². The summed E-state index contributed by atoms with van der Waals surface area (Å²) in [6, 6.07) is 18.8. The average Bonchev–Trinajstić information content (AvgIpc) is 2.80. The highest BCUT2D eigenvalue weighted by molar-refractivity contribution is 6.04. The molecular formula is C25H28N4O2. The first-order chi connectivity index (χ1) is 15.1. The second kappa shape index (κ2) is 9.60. The molecule has 0 radical (unpaired) electrons. The van der Waals surface area contributed by atoms with Crippen LogP contribution in [0.5, 0.6) is 5.75 Å². The van der Waals surface area contributed by atoms with Gasteiger partial charge in [-0.1, -0.05) is 12.1 Å². The lowest BCUT2D eigenvalue weighted by Crippen LogP contribution is -2.30. The van der Waals surface area contributed by atoms with Crippen molar-refractivity contribution in [1.29, 1.82) is 0 Å². The number of hydrogen-bond donors (Lipinski definition) is 1. The summed E-state index contributed by atoms with van der Waals surface area (Å²) >= 11 is 0. The second-order valence-electron chi connectivity index (χ2n) is 8.05. The first-order valence-electron chi connectivity index (χ1n) is 10.9. The van der Waals surface area contributed by atoms with Crippen LogP contribution < -0.4 is 15.0 Å². The molecule has 0 unspecified atom stereocenters. The zero-order valence-electron chi connectivity index (χ0n) is 18.0. The highest BCUT2D eigenvalue weighted by atomic mass is 16.5. The number of benzene rings is 2. The van der Waals surface area contributed by atoms with E-state index in [1.165, 1.54) is 19.3 Å². The summed E-state index contributed by atoms with van der Waals surface area (Å²) in [5, 5.41) is 11.7. The fourth-order valence-electron chi connectivity index (χ4n) is 3.66. The molecule has 1 fully saturated rings. The van der Waals surface area contributed by atoms with Crippen LogP contribution in [0.4, 0.5) is 11.5 Å². The molecule has 31 heavy (non-hydrogen) atoms. The number of piperidine rings is 1. The SMILES string of the molecule is CC(C)Oc1ccc(C(=O)Nc2ccc(-c3ccc(N4CCCCC4)nn3)cc2)cc1. The smallest absolute Gasteiger partial charge is 0.255 e. The van der Waals surface area contributed by atoms with Crippen LogP contribution in [0.25, 0.3) is 11.3 Å². The maximum absolute atomic E-state index is 12.5. The van der Waals surface area contributed by atoms with Gasteiger partial charge in [-0.15, -0.1) is 10.2 Å². The van der Waals surface area contributed by atoms with Crippen LogP contribution in [0.1, 0.15) is 43.5 Å². The van der Waals surface area contributed by atoms with Crippen molar-refractivity contribution in [2.45, 2.75) is 39.2 Å². The Bertz CT molecular complexity index is 993. The van der Waals surface area contributed by atoms with Gasteiger partial charge >= 0.3 is 0 Å². The zero-order chi connectivity index (χ0) is 21.6. The molecule has 0 aliphatic carbocycles. The van der Waals surface area contributed by atoms with Gasteiger partial charge in [0.1, 0.15) is 5.75 Å². The van der Waals surface area contributed by atoms with Gasteiger partial charge in [-0.05, 0) is 81.6 Å². The molecule has 160 valence electrons. The van der Waals surface area contributed by atoms with E-state index in [1.807, 2.05) is 62.4 Å². The fraction of sp³-hybridized carbons (Fsp3) is 0.320. The minimum Gasteiger partial charge on any atom is -0.491 e.